The van der Waals surface area contributed by atoms with Crippen LogP contribution in [0, 0.1) is 0 Å². The van der Waals surface area contributed by atoms with Crippen LogP contribution in [-0.4, -0.2) is 39.9 Å². The molecule has 3 nitrogen and oxygen atoms in total. The summed E-state index contributed by atoms with van der Waals surface area (Å²) in [6.45, 7) is 6.31. The highest BCUT2D eigenvalue weighted by atomic mass is 35.5. The fourth-order valence-corrected chi connectivity index (χ4v) is 3.95. The van der Waals surface area contributed by atoms with Crippen molar-refractivity contribution < 1.29 is 9.90 Å². The van der Waals surface area contributed by atoms with Crippen LogP contribution in [0.25, 0.3) is 0 Å². The standard InChI is InChI=1S/C15H20ClNO2S/c1-3-13-9-17(4-5-20-13)8-11-6-12(16)7-14(10(2)18)15(11)19/h6-7,13,19H,3-5,8-9H2,1-2H3. The minimum atomic E-state index is -0.160. The summed E-state index contributed by atoms with van der Waals surface area (Å²) in [6.07, 6.45) is 1.15. The number of ketones is 1. The number of carbonyl (C=O) groups excluding carboxylic acids is 1. The van der Waals surface area contributed by atoms with Crippen LogP contribution in [-0.2, 0) is 6.54 Å². The molecule has 0 bridgehead atoms. The molecule has 110 valence electrons. The number of Topliss-reactive ketones (excluding diaryl/α,β-unsaturated/α-hetero) is 1. The maximum Gasteiger partial charge on any atom is 0.163 e. The highest BCUT2D eigenvalue weighted by Gasteiger charge is 2.21. The number of nitrogens with zero attached hydrogens (tertiary/aromatic N) is 1. The van der Waals surface area contributed by atoms with E-state index in [-0.39, 0.29) is 11.5 Å². The molecule has 1 aromatic carbocycles. The smallest absolute Gasteiger partial charge is 0.163 e. The SMILES string of the molecule is CCC1CN(Cc2cc(Cl)cc(C(C)=O)c2O)CCS1. The van der Waals surface area contributed by atoms with Gasteiger partial charge in [0, 0.05) is 41.2 Å². The molecular formula is C15H20ClNO2S. The van der Waals surface area contributed by atoms with Gasteiger partial charge in [-0.2, -0.15) is 11.8 Å². The van der Waals surface area contributed by atoms with Crippen LogP contribution in [0.4, 0.5) is 0 Å². The summed E-state index contributed by atoms with van der Waals surface area (Å²) >= 11 is 8.06. The monoisotopic (exact) mass is 313 g/mol. The van der Waals surface area contributed by atoms with E-state index in [0.29, 0.717) is 22.4 Å². The van der Waals surface area contributed by atoms with Crippen molar-refractivity contribution >= 4 is 29.1 Å². The van der Waals surface area contributed by atoms with E-state index < -0.39 is 0 Å². The molecule has 1 unspecified atom stereocenters. The molecule has 2 rings (SSSR count). The molecule has 0 aliphatic carbocycles. The molecule has 1 saturated heterocycles. The Bertz CT molecular complexity index is 507. The number of hydrogen-bond donors (Lipinski definition) is 1. The molecule has 0 aromatic heterocycles. The maximum absolute atomic E-state index is 11.5. The first-order valence-corrected chi connectivity index (χ1v) is 8.30. The lowest BCUT2D eigenvalue weighted by Crippen LogP contribution is -2.37. The zero-order valence-electron chi connectivity index (χ0n) is 11.9. The first-order chi connectivity index (χ1) is 9.51. The number of rotatable bonds is 4. The minimum Gasteiger partial charge on any atom is -0.507 e. The van der Waals surface area contributed by atoms with Crippen LogP contribution >= 0.6 is 23.4 Å². The maximum atomic E-state index is 11.5. The van der Waals surface area contributed by atoms with Crippen LogP contribution in [0.5, 0.6) is 5.75 Å². The van der Waals surface area contributed by atoms with Crippen molar-refractivity contribution in [2.24, 2.45) is 0 Å². The summed E-state index contributed by atoms with van der Waals surface area (Å²) in [5.41, 5.74) is 1.05. The van der Waals surface area contributed by atoms with E-state index in [9.17, 15) is 9.90 Å². The second-order valence-electron chi connectivity index (χ2n) is 5.15. The molecule has 1 aliphatic heterocycles. The average molecular weight is 314 g/mol. The van der Waals surface area contributed by atoms with Crippen LogP contribution in [0.15, 0.2) is 12.1 Å². The molecular weight excluding hydrogens is 294 g/mol. The molecule has 1 fully saturated rings. The van der Waals surface area contributed by atoms with Crippen LogP contribution < -0.4 is 0 Å². The Morgan fingerprint density at radius 2 is 2.30 bits per heavy atom. The quantitative estimate of drug-likeness (QED) is 0.863. The predicted molar refractivity (Wildman–Crippen MR) is 84.9 cm³/mol. The molecule has 1 aromatic rings. The van der Waals surface area contributed by atoms with Gasteiger partial charge >= 0.3 is 0 Å². The van der Waals surface area contributed by atoms with Gasteiger partial charge in [0.2, 0.25) is 0 Å². The third kappa shape index (κ3) is 3.68. The van der Waals surface area contributed by atoms with E-state index >= 15 is 0 Å². The lowest BCUT2D eigenvalue weighted by Gasteiger charge is -2.32. The van der Waals surface area contributed by atoms with Crippen LogP contribution in [0.2, 0.25) is 5.02 Å². The Morgan fingerprint density at radius 1 is 1.55 bits per heavy atom. The van der Waals surface area contributed by atoms with Gasteiger partial charge < -0.3 is 5.11 Å². The summed E-state index contributed by atoms with van der Waals surface area (Å²) < 4.78 is 0. The van der Waals surface area contributed by atoms with Crippen molar-refractivity contribution in [2.45, 2.75) is 32.1 Å². The second-order valence-corrected chi connectivity index (χ2v) is 7.00. The molecule has 0 saturated carbocycles. The topological polar surface area (TPSA) is 40.5 Å². The Balaban J connectivity index is 2.18. The summed E-state index contributed by atoms with van der Waals surface area (Å²) in [5, 5.41) is 11.4. The number of halogens is 1. The van der Waals surface area contributed by atoms with Crippen molar-refractivity contribution in [3.8, 4) is 5.75 Å². The van der Waals surface area contributed by atoms with Crippen LogP contribution in [0.1, 0.15) is 36.2 Å². The summed E-state index contributed by atoms with van der Waals surface area (Å²) in [4.78, 5) is 13.8. The highest BCUT2D eigenvalue weighted by Crippen LogP contribution is 2.30. The molecule has 20 heavy (non-hydrogen) atoms. The lowest BCUT2D eigenvalue weighted by atomic mass is 10.1. The van der Waals surface area contributed by atoms with E-state index in [1.807, 2.05) is 11.8 Å². The molecule has 1 atom stereocenters. The van der Waals surface area contributed by atoms with E-state index in [1.54, 1.807) is 6.07 Å². The third-order valence-electron chi connectivity index (χ3n) is 3.61. The average Bonchev–Trinajstić information content (AvgIpc) is 2.42. The zero-order chi connectivity index (χ0) is 14.7. The van der Waals surface area contributed by atoms with E-state index in [0.717, 1.165) is 30.8 Å². The molecule has 1 N–H and O–H groups in total. The van der Waals surface area contributed by atoms with E-state index in [4.69, 9.17) is 11.6 Å². The number of carbonyl (C=O) groups is 1. The van der Waals surface area contributed by atoms with E-state index in [1.165, 1.54) is 13.0 Å². The summed E-state index contributed by atoms with van der Waals surface area (Å²) in [5.74, 6) is 1.03. The van der Waals surface area contributed by atoms with Crippen molar-refractivity contribution in [1.82, 2.24) is 4.90 Å². The van der Waals surface area contributed by atoms with Crippen molar-refractivity contribution in [1.29, 1.82) is 0 Å². The Hall–Kier alpha value is -0.710. The van der Waals surface area contributed by atoms with Crippen molar-refractivity contribution in [3.05, 3.63) is 28.3 Å². The fraction of sp³-hybridized carbons (Fsp3) is 0.533. The van der Waals surface area contributed by atoms with Gasteiger partial charge in [-0.05, 0) is 25.5 Å². The summed E-state index contributed by atoms with van der Waals surface area (Å²) in [7, 11) is 0. The normalized spacial score (nSPS) is 20.1. The molecule has 1 heterocycles. The Morgan fingerprint density at radius 3 is 2.95 bits per heavy atom. The zero-order valence-corrected chi connectivity index (χ0v) is 13.4. The minimum absolute atomic E-state index is 0.0770. The lowest BCUT2D eigenvalue weighted by molar-refractivity contribution is 0.101. The molecule has 1 aliphatic rings. The predicted octanol–water partition coefficient (Wildman–Crippen LogP) is 3.58. The number of aromatic hydroxyl groups is 1. The first-order valence-electron chi connectivity index (χ1n) is 6.87. The Labute approximate surface area is 129 Å². The largest absolute Gasteiger partial charge is 0.507 e. The number of hydrogen-bond acceptors (Lipinski definition) is 4. The third-order valence-corrected chi connectivity index (χ3v) is 5.20. The van der Waals surface area contributed by atoms with Gasteiger partial charge in [-0.15, -0.1) is 0 Å². The molecule has 0 amide bonds. The number of phenolic OH excluding ortho intramolecular Hbond substituents is 1. The fourth-order valence-electron chi connectivity index (χ4n) is 2.46. The van der Waals surface area contributed by atoms with E-state index in [2.05, 4.69) is 11.8 Å². The van der Waals surface area contributed by atoms with Gasteiger partial charge in [-0.1, -0.05) is 18.5 Å². The molecule has 5 heteroatoms. The van der Waals surface area contributed by atoms with Crippen molar-refractivity contribution in [3.63, 3.8) is 0 Å². The number of benzene rings is 1. The van der Waals surface area contributed by atoms with Gasteiger partial charge in [0.1, 0.15) is 5.75 Å². The van der Waals surface area contributed by atoms with Gasteiger partial charge in [0.05, 0.1) is 5.56 Å². The van der Waals surface area contributed by atoms with Crippen molar-refractivity contribution in [2.75, 3.05) is 18.8 Å². The van der Waals surface area contributed by atoms with Gasteiger partial charge in [0.25, 0.3) is 0 Å². The van der Waals surface area contributed by atoms with Gasteiger partial charge in [-0.3, -0.25) is 9.69 Å². The van der Waals surface area contributed by atoms with Crippen LogP contribution in [0.3, 0.4) is 0 Å². The van der Waals surface area contributed by atoms with Gasteiger partial charge in [-0.25, -0.2) is 0 Å². The van der Waals surface area contributed by atoms with Gasteiger partial charge in [0.15, 0.2) is 5.78 Å². The number of phenols is 1. The molecule has 0 spiro atoms. The Kier molecular flexibility index (Phi) is 5.35. The first kappa shape index (κ1) is 15.7. The molecule has 0 radical (unpaired) electrons. The number of thioether (sulfide) groups is 1. The summed E-state index contributed by atoms with van der Waals surface area (Å²) in [6, 6.07) is 3.29. The second kappa shape index (κ2) is 6.83. The highest BCUT2D eigenvalue weighted by molar-refractivity contribution is 8.00.